The second-order valence-electron chi connectivity index (χ2n) is 5.00. The van der Waals surface area contributed by atoms with Gasteiger partial charge in [0.1, 0.15) is 5.75 Å². The number of benzene rings is 1. The first kappa shape index (κ1) is 16.0. The molecule has 2 rings (SSSR count). The van der Waals surface area contributed by atoms with Crippen LogP contribution < -0.4 is 10.1 Å². The van der Waals surface area contributed by atoms with Gasteiger partial charge in [-0.05, 0) is 49.8 Å². The predicted octanol–water partition coefficient (Wildman–Crippen LogP) is 1.90. The second kappa shape index (κ2) is 6.62. The van der Waals surface area contributed by atoms with Crippen LogP contribution in [-0.4, -0.2) is 49.6 Å². The smallest absolute Gasteiger partial charge is 0.173 e. The summed E-state index contributed by atoms with van der Waals surface area (Å²) in [6, 6.07) is 7.43. The van der Waals surface area contributed by atoms with Crippen molar-refractivity contribution in [1.29, 1.82) is 0 Å². The summed E-state index contributed by atoms with van der Waals surface area (Å²) in [5, 5.41) is 3.72. The maximum Gasteiger partial charge on any atom is 0.173 e. The summed E-state index contributed by atoms with van der Waals surface area (Å²) >= 11 is 5.42. The van der Waals surface area contributed by atoms with Crippen LogP contribution in [0.5, 0.6) is 5.75 Å². The Morgan fingerprint density at radius 2 is 2.10 bits per heavy atom. The number of thiocarbonyl (C=S) groups is 1. The average Bonchev–Trinajstić information content (AvgIpc) is 2.80. The molecule has 1 heterocycles. The van der Waals surface area contributed by atoms with E-state index in [0.29, 0.717) is 18.1 Å². The van der Waals surface area contributed by atoms with Gasteiger partial charge in [0, 0.05) is 18.3 Å². The van der Waals surface area contributed by atoms with E-state index < -0.39 is 9.84 Å². The van der Waals surface area contributed by atoms with E-state index in [9.17, 15) is 8.42 Å². The third kappa shape index (κ3) is 4.07. The van der Waals surface area contributed by atoms with Crippen LogP contribution in [0.2, 0.25) is 0 Å². The molecule has 0 saturated carbocycles. The summed E-state index contributed by atoms with van der Waals surface area (Å²) in [6.45, 7) is 2.66. The van der Waals surface area contributed by atoms with Gasteiger partial charge in [-0.25, -0.2) is 8.42 Å². The highest BCUT2D eigenvalue weighted by molar-refractivity contribution is 7.91. The molecular weight excluding hydrogens is 308 g/mol. The molecule has 1 N–H and O–H groups in total. The molecule has 0 radical (unpaired) electrons. The molecule has 1 aliphatic heterocycles. The lowest BCUT2D eigenvalue weighted by atomic mass is 10.2. The SMILES string of the molecule is CCN(C(=S)Nc1ccc(OC)cc1)[C@@H]1CCS(=O)(=O)C1. The highest BCUT2D eigenvalue weighted by atomic mass is 32.2. The number of nitrogens with one attached hydrogen (secondary N) is 1. The van der Waals surface area contributed by atoms with E-state index in [1.807, 2.05) is 36.1 Å². The average molecular weight is 328 g/mol. The zero-order valence-corrected chi connectivity index (χ0v) is 13.8. The lowest BCUT2D eigenvalue weighted by Crippen LogP contribution is -2.43. The molecule has 0 spiro atoms. The van der Waals surface area contributed by atoms with Gasteiger partial charge in [0.15, 0.2) is 14.9 Å². The van der Waals surface area contributed by atoms with Gasteiger partial charge in [0.05, 0.1) is 18.6 Å². The van der Waals surface area contributed by atoms with Crippen molar-refractivity contribution >= 4 is 32.9 Å². The number of methoxy groups -OCH3 is 1. The fourth-order valence-electron chi connectivity index (χ4n) is 2.46. The zero-order chi connectivity index (χ0) is 15.5. The van der Waals surface area contributed by atoms with Crippen LogP contribution in [0.3, 0.4) is 0 Å². The minimum atomic E-state index is -2.91. The summed E-state index contributed by atoms with van der Waals surface area (Å²) < 4.78 is 28.3. The number of anilines is 1. The van der Waals surface area contributed by atoms with E-state index in [1.165, 1.54) is 0 Å². The van der Waals surface area contributed by atoms with E-state index in [2.05, 4.69) is 5.32 Å². The summed E-state index contributed by atoms with van der Waals surface area (Å²) in [5.74, 6) is 1.21. The first-order valence-electron chi connectivity index (χ1n) is 6.87. The van der Waals surface area contributed by atoms with Crippen LogP contribution >= 0.6 is 12.2 Å². The Labute approximate surface area is 131 Å². The monoisotopic (exact) mass is 328 g/mol. The van der Waals surface area contributed by atoms with Gasteiger partial charge in [-0.3, -0.25) is 0 Å². The lowest BCUT2D eigenvalue weighted by Gasteiger charge is -2.29. The van der Waals surface area contributed by atoms with Crippen molar-refractivity contribution in [2.24, 2.45) is 0 Å². The van der Waals surface area contributed by atoms with Crippen molar-refractivity contribution in [1.82, 2.24) is 4.90 Å². The molecule has 1 aliphatic rings. The van der Waals surface area contributed by atoms with Crippen LogP contribution in [0.25, 0.3) is 0 Å². The number of ether oxygens (including phenoxy) is 1. The van der Waals surface area contributed by atoms with Gasteiger partial charge in [0.2, 0.25) is 0 Å². The van der Waals surface area contributed by atoms with Crippen LogP contribution in [-0.2, 0) is 9.84 Å². The summed E-state index contributed by atoms with van der Waals surface area (Å²) in [4.78, 5) is 1.95. The molecule has 1 fully saturated rings. The standard InChI is InChI=1S/C14H20N2O3S2/c1-3-16(12-8-9-21(17,18)10-12)14(20)15-11-4-6-13(19-2)7-5-11/h4-7,12H,3,8-10H2,1-2H3,(H,15,20)/t12-/m1/s1. The fraction of sp³-hybridized carbons (Fsp3) is 0.500. The van der Waals surface area contributed by atoms with Crippen LogP contribution in [0.15, 0.2) is 24.3 Å². The Bertz CT molecular complexity index is 599. The van der Waals surface area contributed by atoms with Crippen molar-refractivity contribution < 1.29 is 13.2 Å². The van der Waals surface area contributed by atoms with Crippen molar-refractivity contribution in [3.63, 3.8) is 0 Å². The number of hydrogen-bond acceptors (Lipinski definition) is 4. The van der Waals surface area contributed by atoms with Gasteiger partial charge in [-0.2, -0.15) is 0 Å². The number of nitrogens with zero attached hydrogens (tertiary/aromatic N) is 1. The third-order valence-corrected chi connectivity index (χ3v) is 5.68. The maximum absolute atomic E-state index is 11.6. The van der Waals surface area contributed by atoms with Crippen LogP contribution in [0.4, 0.5) is 5.69 Å². The molecule has 1 atom stereocenters. The normalized spacial score (nSPS) is 20.0. The first-order valence-corrected chi connectivity index (χ1v) is 9.10. The largest absolute Gasteiger partial charge is 0.497 e. The molecular formula is C14H20N2O3S2. The number of rotatable bonds is 4. The molecule has 1 aromatic rings. The molecule has 7 heteroatoms. The molecule has 21 heavy (non-hydrogen) atoms. The third-order valence-electron chi connectivity index (χ3n) is 3.59. The molecule has 5 nitrogen and oxygen atoms in total. The summed E-state index contributed by atoms with van der Waals surface area (Å²) in [7, 11) is -1.29. The number of hydrogen-bond donors (Lipinski definition) is 1. The summed E-state index contributed by atoms with van der Waals surface area (Å²) in [5.41, 5.74) is 0.861. The molecule has 1 saturated heterocycles. The first-order chi connectivity index (χ1) is 9.95. The Morgan fingerprint density at radius 1 is 1.43 bits per heavy atom. The van der Waals surface area contributed by atoms with Crippen molar-refractivity contribution in [3.8, 4) is 5.75 Å². The molecule has 0 amide bonds. The van der Waals surface area contributed by atoms with Gasteiger partial charge in [0.25, 0.3) is 0 Å². The molecule has 116 valence electrons. The zero-order valence-electron chi connectivity index (χ0n) is 12.2. The molecule has 0 aromatic heterocycles. The molecule has 1 aromatic carbocycles. The van der Waals surface area contributed by atoms with E-state index in [-0.39, 0.29) is 17.5 Å². The second-order valence-corrected chi connectivity index (χ2v) is 7.62. The minimum Gasteiger partial charge on any atom is -0.497 e. The topological polar surface area (TPSA) is 58.6 Å². The van der Waals surface area contributed by atoms with Crippen LogP contribution in [0.1, 0.15) is 13.3 Å². The van der Waals surface area contributed by atoms with Crippen LogP contribution in [0, 0.1) is 0 Å². The predicted molar refractivity (Wildman–Crippen MR) is 88.7 cm³/mol. The Kier molecular flexibility index (Phi) is 5.05. The van der Waals surface area contributed by atoms with E-state index in [1.54, 1.807) is 7.11 Å². The Morgan fingerprint density at radius 3 is 2.57 bits per heavy atom. The van der Waals surface area contributed by atoms with Crippen molar-refractivity contribution in [2.45, 2.75) is 19.4 Å². The molecule has 0 aliphatic carbocycles. The van der Waals surface area contributed by atoms with Gasteiger partial charge < -0.3 is 15.0 Å². The van der Waals surface area contributed by atoms with Gasteiger partial charge in [-0.15, -0.1) is 0 Å². The highest BCUT2D eigenvalue weighted by Crippen LogP contribution is 2.20. The van der Waals surface area contributed by atoms with Gasteiger partial charge >= 0.3 is 0 Å². The maximum atomic E-state index is 11.6. The fourth-order valence-corrected chi connectivity index (χ4v) is 4.59. The van der Waals surface area contributed by atoms with Crippen molar-refractivity contribution in [2.75, 3.05) is 30.5 Å². The number of sulfone groups is 1. The van der Waals surface area contributed by atoms with E-state index in [4.69, 9.17) is 17.0 Å². The Hall–Kier alpha value is -1.34. The highest BCUT2D eigenvalue weighted by Gasteiger charge is 2.32. The minimum absolute atomic E-state index is 0.0294. The van der Waals surface area contributed by atoms with E-state index >= 15 is 0 Å². The van der Waals surface area contributed by atoms with Crippen molar-refractivity contribution in [3.05, 3.63) is 24.3 Å². The summed E-state index contributed by atoms with van der Waals surface area (Å²) in [6.07, 6.45) is 0.639. The van der Waals surface area contributed by atoms with E-state index in [0.717, 1.165) is 11.4 Å². The quantitative estimate of drug-likeness (QED) is 0.852. The molecule has 0 bridgehead atoms. The Balaban J connectivity index is 2.03. The lowest BCUT2D eigenvalue weighted by molar-refractivity contribution is 0.355. The molecule has 0 unspecified atom stereocenters. The van der Waals surface area contributed by atoms with Gasteiger partial charge in [-0.1, -0.05) is 0 Å².